The van der Waals surface area contributed by atoms with Crippen LogP contribution < -0.4 is 9.62 Å². The Kier molecular flexibility index (Phi) is 5.28. The Labute approximate surface area is 194 Å². The van der Waals surface area contributed by atoms with E-state index < -0.39 is 11.4 Å². The molecule has 2 unspecified atom stereocenters. The van der Waals surface area contributed by atoms with E-state index >= 15 is 0 Å². The minimum Gasteiger partial charge on any atom is -0.598 e. The molecule has 1 saturated heterocycles. The molecule has 0 bridgehead atoms. The van der Waals surface area contributed by atoms with Crippen LogP contribution in [0.4, 0.5) is 5.95 Å². The first-order valence-corrected chi connectivity index (χ1v) is 12.5. The van der Waals surface area contributed by atoms with Gasteiger partial charge in [0.25, 0.3) is 0 Å². The van der Waals surface area contributed by atoms with Gasteiger partial charge in [0.05, 0.1) is 10.5 Å². The van der Waals surface area contributed by atoms with E-state index in [4.69, 9.17) is 4.98 Å². The predicted octanol–water partition coefficient (Wildman–Crippen LogP) is 3.30. The van der Waals surface area contributed by atoms with Gasteiger partial charge in [-0.3, -0.25) is 9.38 Å². The molecule has 164 valence electrons. The molecule has 3 aromatic rings. The first-order chi connectivity index (χ1) is 14.8. The van der Waals surface area contributed by atoms with Crippen LogP contribution in [0.25, 0.3) is 5.65 Å². The van der Waals surface area contributed by atoms with Crippen molar-refractivity contribution in [1.82, 2.24) is 24.1 Å². The predicted molar refractivity (Wildman–Crippen MR) is 126 cm³/mol. The maximum atomic E-state index is 13.1. The monoisotopic (exact) mass is 502 g/mol. The van der Waals surface area contributed by atoms with E-state index in [1.54, 1.807) is 6.20 Å². The van der Waals surface area contributed by atoms with E-state index in [1.807, 2.05) is 49.8 Å². The number of imidazole rings is 1. The Bertz CT molecular complexity index is 1090. The molecule has 0 saturated carbocycles. The van der Waals surface area contributed by atoms with E-state index in [1.165, 1.54) is 11.3 Å². The highest BCUT2D eigenvalue weighted by molar-refractivity contribution is 9.10. The van der Waals surface area contributed by atoms with Gasteiger partial charge in [-0.2, -0.15) is 0 Å². The second kappa shape index (κ2) is 7.72. The van der Waals surface area contributed by atoms with E-state index in [-0.39, 0.29) is 16.2 Å². The van der Waals surface area contributed by atoms with Crippen molar-refractivity contribution in [3.8, 4) is 0 Å². The molecule has 5 rings (SSSR count). The Hall–Kier alpha value is -1.68. The van der Waals surface area contributed by atoms with Gasteiger partial charge in [-0.25, -0.2) is 9.97 Å². The molecule has 3 atom stereocenters. The largest absolute Gasteiger partial charge is 0.598 e. The summed E-state index contributed by atoms with van der Waals surface area (Å²) in [6.07, 6.45) is 10.3. The third-order valence-electron chi connectivity index (χ3n) is 6.52. The highest BCUT2D eigenvalue weighted by Gasteiger charge is 2.50. The van der Waals surface area contributed by atoms with Crippen molar-refractivity contribution in [2.45, 2.75) is 50.8 Å². The van der Waals surface area contributed by atoms with Crippen molar-refractivity contribution in [2.75, 3.05) is 18.0 Å². The van der Waals surface area contributed by atoms with Crippen molar-refractivity contribution in [1.29, 1.82) is 0 Å². The van der Waals surface area contributed by atoms with Crippen LogP contribution >= 0.6 is 15.9 Å². The van der Waals surface area contributed by atoms with E-state index in [0.29, 0.717) is 0 Å². The lowest BCUT2D eigenvalue weighted by molar-refractivity contribution is 0.178. The Morgan fingerprint density at radius 1 is 1.23 bits per heavy atom. The van der Waals surface area contributed by atoms with E-state index in [9.17, 15) is 4.55 Å². The van der Waals surface area contributed by atoms with Crippen LogP contribution in [0.3, 0.4) is 0 Å². The fraction of sp³-hybridized carbons (Fsp3) is 0.500. The van der Waals surface area contributed by atoms with Gasteiger partial charge in [0.15, 0.2) is 5.65 Å². The van der Waals surface area contributed by atoms with Crippen LogP contribution in [0.5, 0.6) is 0 Å². The van der Waals surface area contributed by atoms with Gasteiger partial charge in [-0.1, -0.05) is 6.07 Å². The summed E-state index contributed by atoms with van der Waals surface area (Å²) in [5.74, 6) is 0.868. The third-order valence-corrected chi connectivity index (χ3v) is 8.69. The summed E-state index contributed by atoms with van der Waals surface area (Å²) >= 11 is 2.38. The number of fused-ring (bicyclic) bond motifs is 2. The van der Waals surface area contributed by atoms with E-state index in [2.05, 4.69) is 41.6 Å². The molecule has 1 aliphatic carbocycles. The zero-order valence-electron chi connectivity index (χ0n) is 18.0. The van der Waals surface area contributed by atoms with Crippen LogP contribution in [0.1, 0.15) is 38.4 Å². The summed E-state index contributed by atoms with van der Waals surface area (Å²) in [6.45, 7) is 7.66. The second-order valence-corrected chi connectivity index (χ2v) is 12.5. The highest BCUT2D eigenvalue weighted by Crippen LogP contribution is 2.45. The topological polar surface area (TPSA) is 81.4 Å². The Balaban J connectivity index is 1.48. The van der Waals surface area contributed by atoms with Crippen molar-refractivity contribution in [2.24, 2.45) is 5.41 Å². The number of pyridine rings is 1. The maximum absolute atomic E-state index is 13.1. The van der Waals surface area contributed by atoms with Gasteiger partial charge in [0.1, 0.15) is 4.75 Å². The Morgan fingerprint density at radius 2 is 2.06 bits per heavy atom. The minimum atomic E-state index is -1.16. The van der Waals surface area contributed by atoms with Crippen molar-refractivity contribution in [3.63, 3.8) is 0 Å². The van der Waals surface area contributed by atoms with Gasteiger partial charge < -0.3 is 9.45 Å². The van der Waals surface area contributed by atoms with Gasteiger partial charge in [0.2, 0.25) is 5.95 Å². The zero-order valence-corrected chi connectivity index (χ0v) is 20.4. The minimum absolute atomic E-state index is 0.0114. The first-order valence-electron chi connectivity index (χ1n) is 10.6. The fourth-order valence-corrected chi connectivity index (χ4v) is 6.12. The average molecular weight is 503 g/mol. The lowest BCUT2D eigenvalue weighted by atomic mass is 9.72. The lowest BCUT2D eigenvalue weighted by Crippen LogP contribution is -2.61. The van der Waals surface area contributed by atoms with Crippen molar-refractivity contribution in [3.05, 3.63) is 52.7 Å². The van der Waals surface area contributed by atoms with Crippen LogP contribution in [0.2, 0.25) is 0 Å². The number of halogens is 1. The zero-order chi connectivity index (χ0) is 21.8. The molecule has 7 nitrogen and oxygen atoms in total. The van der Waals surface area contributed by atoms with Crippen molar-refractivity contribution >= 4 is 38.9 Å². The number of rotatable bonds is 3. The summed E-state index contributed by atoms with van der Waals surface area (Å²) in [7, 11) is 0. The molecule has 2 aliphatic rings. The third kappa shape index (κ3) is 3.75. The smallest absolute Gasteiger partial charge is 0.211 e. The van der Waals surface area contributed by atoms with Gasteiger partial charge in [0, 0.05) is 60.3 Å². The van der Waals surface area contributed by atoms with E-state index in [0.717, 1.165) is 48.4 Å². The molecule has 31 heavy (non-hydrogen) atoms. The quantitative estimate of drug-likeness (QED) is 0.553. The second-order valence-electron chi connectivity index (χ2n) is 9.60. The summed E-state index contributed by atoms with van der Waals surface area (Å²) in [5.41, 5.74) is 3.37. The SMILES string of the molecule is CC(C)(C)[S@@+]([O-])NC1CN(c2ncc(Br)c3nccn23)CCC12Cc1cccnc1C2. The van der Waals surface area contributed by atoms with Gasteiger partial charge >= 0.3 is 0 Å². The number of hydrogen-bond donors (Lipinski definition) is 1. The van der Waals surface area contributed by atoms with Crippen LogP contribution in [-0.2, 0) is 24.2 Å². The van der Waals surface area contributed by atoms with Gasteiger partial charge in [-0.05, 0) is 67.6 Å². The summed E-state index contributed by atoms with van der Waals surface area (Å²) in [6, 6.07) is 4.26. The first kappa shape index (κ1) is 21.2. The molecule has 0 aromatic carbocycles. The molecule has 1 aliphatic heterocycles. The summed E-state index contributed by atoms with van der Waals surface area (Å²) in [5, 5.41) is 0. The number of piperidine rings is 1. The molecule has 1 spiro atoms. The molecule has 0 amide bonds. The molecular weight excluding hydrogens is 476 g/mol. The number of aromatic nitrogens is 4. The summed E-state index contributed by atoms with van der Waals surface area (Å²) in [4.78, 5) is 16.1. The average Bonchev–Trinajstić information content (AvgIpc) is 3.35. The Morgan fingerprint density at radius 3 is 2.84 bits per heavy atom. The standard InChI is InChI=1S/C22H27BrN6OS/c1-21(2,3)31(30)27-18-14-28(20-26-13-16(23)19-25-8-10-29(19)20)9-6-22(18)11-15-5-4-7-24-17(15)12-22/h4-5,7-8,10,13,18,27H,6,9,11-12,14H2,1-3H3/t18?,22?,31-/m1/s1. The van der Waals surface area contributed by atoms with Gasteiger partial charge in [-0.15, -0.1) is 4.72 Å². The normalized spacial score (nSPS) is 24.7. The van der Waals surface area contributed by atoms with Crippen LogP contribution in [0, 0.1) is 5.41 Å². The molecular formula is C22H27BrN6OS. The van der Waals surface area contributed by atoms with Crippen molar-refractivity contribution < 1.29 is 4.55 Å². The molecule has 3 aromatic heterocycles. The molecule has 4 heterocycles. The molecule has 1 N–H and O–H groups in total. The molecule has 1 fully saturated rings. The number of nitrogens with one attached hydrogen (secondary N) is 1. The van der Waals surface area contributed by atoms with Crippen LogP contribution in [0.15, 0.2) is 41.4 Å². The maximum Gasteiger partial charge on any atom is 0.211 e. The fourth-order valence-electron chi connectivity index (χ4n) is 4.79. The lowest BCUT2D eigenvalue weighted by Gasteiger charge is -2.46. The molecule has 0 radical (unpaired) electrons. The molecule has 9 heteroatoms. The number of anilines is 1. The summed E-state index contributed by atoms with van der Waals surface area (Å²) < 4.78 is 19.2. The van der Waals surface area contributed by atoms with Crippen LogP contribution in [-0.4, -0.2) is 47.8 Å². The number of nitrogens with zero attached hydrogens (tertiary/aromatic N) is 5. The number of hydrogen-bond acceptors (Lipinski definition) is 6. The highest BCUT2D eigenvalue weighted by atomic mass is 79.9.